The zero-order valence-electron chi connectivity index (χ0n) is 10.4. The highest BCUT2D eigenvalue weighted by molar-refractivity contribution is 7.94. The molecule has 0 atom stereocenters. The summed E-state index contributed by atoms with van der Waals surface area (Å²) in [5.74, 6) is 0.356. The quantitative estimate of drug-likeness (QED) is 0.852. The number of thiophene rings is 1. The summed E-state index contributed by atoms with van der Waals surface area (Å²) in [4.78, 5) is 1.05. The van der Waals surface area contributed by atoms with E-state index in [0.717, 1.165) is 16.9 Å². The van der Waals surface area contributed by atoms with E-state index in [-0.39, 0.29) is 0 Å². The predicted octanol–water partition coefficient (Wildman–Crippen LogP) is 3.85. The molecule has 0 fully saturated rings. The fourth-order valence-electron chi connectivity index (χ4n) is 1.62. The molecule has 3 nitrogen and oxygen atoms in total. The average molecular weight is 316 g/mol. The molecule has 0 bridgehead atoms. The predicted molar refractivity (Wildman–Crippen MR) is 80.5 cm³/mol. The minimum absolute atomic E-state index is 0.334. The first-order valence-electron chi connectivity index (χ1n) is 5.81. The molecule has 0 saturated heterocycles. The van der Waals surface area contributed by atoms with Crippen LogP contribution in [0.2, 0.25) is 0 Å². The number of hydrogen-bond donors (Lipinski definition) is 1. The number of alkyl halides is 1. The molecule has 0 spiro atoms. The van der Waals surface area contributed by atoms with Gasteiger partial charge in [-0.25, -0.2) is 8.42 Å². The number of sulfonamides is 1. The van der Waals surface area contributed by atoms with E-state index in [2.05, 4.69) is 4.72 Å². The summed E-state index contributed by atoms with van der Waals surface area (Å²) < 4.78 is 27.3. The van der Waals surface area contributed by atoms with E-state index in [0.29, 0.717) is 15.8 Å². The molecular weight excluding hydrogens is 302 g/mol. The molecule has 0 aliphatic heterocycles. The lowest BCUT2D eigenvalue weighted by Crippen LogP contribution is -2.11. The SMILES string of the molecule is CCc1ccc(S(=O)(=O)Nc2cccc(CCl)c2)s1. The Kier molecular flexibility index (Phi) is 4.50. The van der Waals surface area contributed by atoms with Gasteiger partial charge in [0.25, 0.3) is 10.0 Å². The van der Waals surface area contributed by atoms with Crippen molar-refractivity contribution in [3.8, 4) is 0 Å². The van der Waals surface area contributed by atoms with Crippen LogP contribution in [0.15, 0.2) is 40.6 Å². The van der Waals surface area contributed by atoms with Crippen LogP contribution in [0.1, 0.15) is 17.4 Å². The molecule has 0 saturated carbocycles. The second-order valence-corrected chi connectivity index (χ2v) is 7.36. The molecule has 2 aromatic rings. The van der Waals surface area contributed by atoms with Crippen LogP contribution in [0.4, 0.5) is 5.69 Å². The third-order valence-electron chi connectivity index (χ3n) is 2.58. The summed E-state index contributed by atoms with van der Waals surface area (Å²) in [5.41, 5.74) is 1.41. The minimum Gasteiger partial charge on any atom is -0.279 e. The van der Waals surface area contributed by atoms with Gasteiger partial charge in [-0.3, -0.25) is 4.72 Å². The van der Waals surface area contributed by atoms with Crippen molar-refractivity contribution in [2.45, 2.75) is 23.4 Å². The van der Waals surface area contributed by atoms with Crippen molar-refractivity contribution in [1.29, 1.82) is 0 Å². The van der Waals surface area contributed by atoms with E-state index >= 15 is 0 Å². The van der Waals surface area contributed by atoms with Crippen LogP contribution in [0.5, 0.6) is 0 Å². The van der Waals surface area contributed by atoms with Crippen LogP contribution in [0.25, 0.3) is 0 Å². The molecule has 1 aromatic carbocycles. The van der Waals surface area contributed by atoms with Gasteiger partial charge in [0.15, 0.2) is 0 Å². The molecule has 0 unspecified atom stereocenters. The van der Waals surface area contributed by atoms with Crippen LogP contribution in [-0.4, -0.2) is 8.42 Å². The molecule has 1 N–H and O–H groups in total. The molecule has 1 heterocycles. The van der Waals surface area contributed by atoms with E-state index in [1.54, 1.807) is 24.3 Å². The lowest BCUT2D eigenvalue weighted by molar-refractivity contribution is 0.603. The molecule has 0 aliphatic rings. The normalized spacial score (nSPS) is 11.5. The fourth-order valence-corrected chi connectivity index (χ4v) is 4.13. The number of halogens is 1. The molecule has 0 amide bonds. The highest BCUT2D eigenvalue weighted by Gasteiger charge is 2.16. The number of benzene rings is 1. The summed E-state index contributed by atoms with van der Waals surface area (Å²) in [5, 5.41) is 0. The van der Waals surface area contributed by atoms with Crippen LogP contribution in [0.3, 0.4) is 0 Å². The number of rotatable bonds is 5. The van der Waals surface area contributed by atoms with Gasteiger partial charge >= 0.3 is 0 Å². The van der Waals surface area contributed by atoms with Crippen LogP contribution in [-0.2, 0) is 22.3 Å². The first-order chi connectivity index (χ1) is 9.05. The summed E-state index contributed by atoms with van der Waals surface area (Å²) in [6, 6.07) is 10.6. The first kappa shape index (κ1) is 14.4. The molecule has 102 valence electrons. The van der Waals surface area contributed by atoms with Crippen molar-refractivity contribution in [3.63, 3.8) is 0 Å². The number of aryl methyl sites for hydroxylation is 1. The lowest BCUT2D eigenvalue weighted by atomic mass is 10.2. The van der Waals surface area contributed by atoms with Gasteiger partial charge in [0.05, 0.1) is 0 Å². The van der Waals surface area contributed by atoms with E-state index in [1.165, 1.54) is 11.3 Å². The number of anilines is 1. The third-order valence-corrected chi connectivity index (χ3v) is 6.00. The van der Waals surface area contributed by atoms with Gasteiger partial charge in [-0.05, 0) is 36.2 Å². The maximum absolute atomic E-state index is 12.2. The minimum atomic E-state index is -3.50. The zero-order valence-corrected chi connectivity index (χ0v) is 12.8. The fraction of sp³-hybridized carbons (Fsp3) is 0.231. The van der Waals surface area contributed by atoms with Crippen molar-refractivity contribution in [1.82, 2.24) is 0 Å². The molecule has 0 aliphatic carbocycles. The third kappa shape index (κ3) is 3.49. The maximum atomic E-state index is 12.2. The molecular formula is C13H14ClNO2S2. The molecule has 2 rings (SSSR count). The van der Waals surface area contributed by atoms with Gasteiger partial charge in [0, 0.05) is 16.4 Å². The average Bonchev–Trinajstić information content (AvgIpc) is 2.88. The van der Waals surface area contributed by atoms with Gasteiger partial charge in [-0.2, -0.15) is 0 Å². The Hall–Kier alpha value is -1.04. The van der Waals surface area contributed by atoms with Gasteiger partial charge in [0.2, 0.25) is 0 Å². The Balaban J connectivity index is 2.25. The highest BCUT2D eigenvalue weighted by Crippen LogP contribution is 2.24. The largest absolute Gasteiger partial charge is 0.279 e. The molecule has 0 radical (unpaired) electrons. The van der Waals surface area contributed by atoms with E-state index in [9.17, 15) is 8.42 Å². The zero-order chi connectivity index (χ0) is 13.9. The number of nitrogens with one attached hydrogen (secondary N) is 1. The Bertz CT molecular complexity index is 665. The summed E-state index contributed by atoms with van der Waals surface area (Å²) in [6.45, 7) is 2.00. The van der Waals surface area contributed by atoms with Gasteiger partial charge < -0.3 is 0 Å². The van der Waals surface area contributed by atoms with Crippen LogP contribution in [0, 0.1) is 0 Å². The summed E-state index contributed by atoms with van der Waals surface area (Å²) >= 11 is 7.03. The molecule has 1 aromatic heterocycles. The van der Waals surface area contributed by atoms with E-state index in [1.807, 2.05) is 19.1 Å². The Morgan fingerprint density at radius 2 is 2.05 bits per heavy atom. The summed E-state index contributed by atoms with van der Waals surface area (Å²) in [6.07, 6.45) is 0.835. The number of hydrogen-bond acceptors (Lipinski definition) is 3. The first-order valence-corrected chi connectivity index (χ1v) is 8.65. The monoisotopic (exact) mass is 315 g/mol. The van der Waals surface area contributed by atoms with Crippen molar-refractivity contribution in [2.24, 2.45) is 0 Å². The van der Waals surface area contributed by atoms with E-state index in [4.69, 9.17) is 11.6 Å². The van der Waals surface area contributed by atoms with Crippen LogP contribution < -0.4 is 4.72 Å². The van der Waals surface area contributed by atoms with Crippen molar-refractivity contribution in [3.05, 3.63) is 46.8 Å². The Morgan fingerprint density at radius 3 is 2.68 bits per heavy atom. The smallest absolute Gasteiger partial charge is 0.271 e. The van der Waals surface area contributed by atoms with E-state index < -0.39 is 10.0 Å². The Morgan fingerprint density at radius 1 is 1.26 bits per heavy atom. The van der Waals surface area contributed by atoms with Crippen molar-refractivity contribution < 1.29 is 8.42 Å². The Labute approximate surface area is 122 Å². The van der Waals surface area contributed by atoms with Gasteiger partial charge in [-0.15, -0.1) is 22.9 Å². The van der Waals surface area contributed by atoms with Gasteiger partial charge in [-0.1, -0.05) is 19.1 Å². The van der Waals surface area contributed by atoms with Crippen molar-refractivity contribution in [2.75, 3.05) is 4.72 Å². The van der Waals surface area contributed by atoms with Crippen molar-refractivity contribution >= 4 is 38.6 Å². The standard InChI is InChI=1S/C13H14ClNO2S2/c1-2-12-6-7-13(18-12)19(16,17)15-11-5-3-4-10(8-11)9-14/h3-8,15H,2,9H2,1H3. The molecule has 6 heteroatoms. The highest BCUT2D eigenvalue weighted by atomic mass is 35.5. The lowest BCUT2D eigenvalue weighted by Gasteiger charge is -2.07. The topological polar surface area (TPSA) is 46.2 Å². The van der Waals surface area contributed by atoms with Gasteiger partial charge in [0.1, 0.15) is 4.21 Å². The second kappa shape index (κ2) is 5.94. The maximum Gasteiger partial charge on any atom is 0.271 e. The second-order valence-electron chi connectivity index (χ2n) is 4.01. The molecule has 19 heavy (non-hydrogen) atoms. The summed E-state index contributed by atoms with van der Waals surface area (Å²) in [7, 11) is -3.50. The van der Waals surface area contributed by atoms with Crippen LogP contribution >= 0.6 is 22.9 Å².